The Kier molecular flexibility index (Phi) is 4.31. The van der Waals surface area contributed by atoms with Crippen LogP contribution in [-0.4, -0.2) is 34.5 Å². The topological polar surface area (TPSA) is 70.8 Å². The Balaban J connectivity index is 2.34. The maximum atomic E-state index is 12.6. The standard InChI is InChI=1S/C16H19NO4/c1-10(2)17(9-8-14(18)19)16(20)15-11(3)12-6-4-5-7-13(12)21-15/h4-7,10H,8-9H2,1-3H3,(H,18,19). The number of benzene rings is 1. The van der Waals surface area contributed by atoms with Gasteiger partial charge in [0.2, 0.25) is 0 Å². The molecule has 0 fully saturated rings. The fourth-order valence-corrected chi connectivity index (χ4v) is 2.32. The molecule has 2 rings (SSSR count). The molecule has 0 aliphatic rings. The second kappa shape index (κ2) is 5.99. The Morgan fingerprint density at radius 2 is 1.95 bits per heavy atom. The van der Waals surface area contributed by atoms with Gasteiger partial charge < -0.3 is 14.4 Å². The van der Waals surface area contributed by atoms with Crippen LogP contribution in [0, 0.1) is 6.92 Å². The lowest BCUT2D eigenvalue weighted by atomic mass is 10.1. The van der Waals surface area contributed by atoms with Gasteiger partial charge in [-0.05, 0) is 26.8 Å². The minimum absolute atomic E-state index is 0.0802. The van der Waals surface area contributed by atoms with E-state index in [-0.39, 0.29) is 30.7 Å². The monoisotopic (exact) mass is 289 g/mol. The van der Waals surface area contributed by atoms with Gasteiger partial charge in [-0.3, -0.25) is 9.59 Å². The zero-order valence-corrected chi connectivity index (χ0v) is 12.4. The molecule has 0 saturated heterocycles. The normalized spacial score (nSPS) is 11.0. The summed E-state index contributed by atoms with van der Waals surface area (Å²) in [5.74, 6) is -0.898. The molecule has 0 saturated carbocycles. The molecule has 0 bridgehead atoms. The van der Waals surface area contributed by atoms with Crippen molar-refractivity contribution >= 4 is 22.8 Å². The number of hydrogen-bond donors (Lipinski definition) is 1. The van der Waals surface area contributed by atoms with E-state index in [9.17, 15) is 9.59 Å². The number of furan rings is 1. The third-order valence-electron chi connectivity index (χ3n) is 3.49. The molecule has 2 aromatic rings. The van der Waals surface area contributed by atoms with Crippen molar-refractivity contribution in [1.82, 2.24) is 4.90 Å². The molecule has 1 N–H and O–H groups in total. The van der Waals surface area contributed by atoms with E-state index >= 15 is 0 Å². The molecule has 1 amide bonds. The van der Waals surface area contributed by atoms with Crippen molar-refractivity contribution in [3.8, 4) is 0 Å². The first-order valence-electron chi connectivity index (χ1n) is 6.92. The fraction of sp³-hybridized carbons (Fsp3) is 0.375. The predicted octanol–water partition coefficient (Wildman–Crippen LogP) is 3.07. The summed E-state index contributed by atoms with van der Waals surface area (Å²) >= 11 is 0. The molecule has 0 spiro atoms. The Bertz CT molecular complexity index is 672. The molecule has 5 nitrogen and oxygen atoms in total. The number of amides is 1. The van der Waals surface area contributed by atoms with Crippen LogP contribution in [-0.2, 0) is 4.79 Å². The summed E-state index contributed by atoms with van der Waals surface area (Å²) in [5, 5.41) is 9.71. The number of aryl methyl sites for hydroxylation is 1. The number of carboxylic acid groups (broad SMARTS) is 1. The zero-order valence-electron chi connectivity index (χ0n) is 12.4. The van der Waals surface area contributed by atoms with E-state index in [1.54, 1.807) is 0 Å². The molecule has 21 heavy (non-hydrogen) atoms. The molecule has 0 aliphatic heterocycles. The maximum Gasteiger partial charge on any atom is 0.305 e. The van der Waals surface area contributed by atoms with Gasteiger partial charge >= 0.3 is 5.97 Å². The smallest absolute Gasteiger partial charge is 0.305 e. The van der Waals surface area contributed by atoms with E-state index in [0.717, 1.165) is 10.9 Å². The minimum atomic E-state index is -0.922. The van der Waals surface area contributed by atoms with Crippen molar-refractivity contribution in [2.24, 2.45) is 0 Å². The van der Waals surface area contributed by atoms with E-state index in [0.29, 0.717) is 5.58 Å². The quantitative estimate of drug-likeness (QED) is 0.918. The lowest BCUT2D eigenvalue weighted by Crippen LogP contribution is -2.38. The lowest BCUT2D eigenvalue weighted by Gasteiger charge is -2.25. The Morgan fingerprint density at radius 1 is 1.29 bits per heavy atom. The van der Waals surface area contributed by atoms with E-state index in [2.05, 4.69) is 0 Å². The van der Waals surface area contributed by atoms with Crippen molar-refractivity contribution in [3.05, 3.63) is 35.6 Å². The minimum Gasteiger partial charge on any atom is -0.481 e. The molecule has 0 atom stereocenters. The van der Waals surface area contributed by atoms with Crippen molar-refractivity contribution in [1.29, 1.82) is 0 Å². The summed E-state index contributed by atoms with van der Waals surface area (Å²) in [7, 11) is 0. The van der Waals surface area contributed by atoms with Crippen LogP contribution in [0.15, 0.2) is 28.7 Å². The number of aliphatic carboxylic acids is 1. The SMILES string of the molecule is Cc1c(C(=O)N(CCC(=O)O)C(C)C)oc2ccccc12. The molecule has 0 radical (unpaired) electrons. The molecule has 0 aliphatic carbocycles. The van der Waals surface area contributed by atoms with Crippen LogP contribution in [0.4, 0.5) is 0 Å². The van der Waals surface area contributed by atoms with Gasteiger partial charge in [0.15, 0.2) is 5.76 Å². The van der Waals surface area contributed by atoms with Crippen LogP contribution in [0.25, 0.3) is 11.0 Å². The van der Waals surface area contributed by atoms with Crippen molar-refractivity contribution < 1.29 is 19.1 Å². The van der Waals surface area contributed by atoms with Crippen LogP contribution < -0.4 is 0 Å². The van der Waals surface area contributed by atoms with Gasteiger partial charge in [0.1, 0.15) is 5.58 Å². The Morgan fingerprint density at radius 3 is 2.52 bits per heavy atom. The van der Waals surface area contributed by atoms with Crippen LogP contribution in [0.1, 0.15) is 36.4 Å². The van der Waals surface area contributed by atoms with E-state index in [1.165, 1.54) is 4.90 Å². The van der Waals surface area contributed by atoms with Gasteiger partial charge in [0.25, 0.3) is 5.91 Å². The Hall–Kier alpha value is -2.30. The summed E-state index contributed by atoms with van der Waals surface area (Å²) in [6.07, 6.45) is -0.0802. The Labute approximate surface area is 123 Å². The number of carbonyl (C=O) groups is 2. The number of nitrogens with zero attached hydrogens (tertiary/aromatic N) is 1. The molecule has 1 aromatic carbocycles. The average molecular weight is 289 g/mol. The van der Waals surface area contributed by atoms with Gasteiger partial charge in [0.05, 0.1) is 6.42 Å². The first-order valence-corrected chi connectivity index (χ1v) is 6.92. The average Bonchev–Trinajstić information content (AvgIpc) is 2.76. The van der Waals surface area contributed by atoms with Gasteiger partial charge in [0, 0.05) is 23.5 Å². The van der Waals surface area contributed by atoms with Crippen LogP contribution in [0.5, 0.6) is 0 Å². The molecule has 5 heteroatoms. The summed E-state index contributed by atoms with van der Waals surface area (Å²) in [4.78, 5) is 24.9. The first-order chi connectivity index (χ1) is 9.91. The third kappa shape index (κ3) is 3.07. The third-order valence-corrected chi connectivity index (χ3v) is 3.49. The van der Waals surface area contributed by atoms with E-state index in [4.69, 9.17) is 9.52 Å². The van der Waals surface area contributed by atoms with Crippen molar-refractivity contribution in [2.75, 3.05) is 6.54 Å². The molecular formula is C16H19NO4. The first kappa shape index (κ1) is 15.1. The fourth-order valence-electron chi connectivity index (χ4n) is 2.32. The molecule has 0 unspecified atom stereocenters. The second-order valence-electron chi connectivity index (χ2n) is 5.29. The number of carbonyl (C=O) groups excluding carboxylic acids is 1. The van der Waals surface area contributed by atoms with Crippen molar-refractivity contribution in [2.45, 2.75) is 33.2 Å². The van der Waals surface area contributed by atoms with Crippen LogP contribution >= 0.6 is 0 Å². The van der Waals surface area contributed by atoms with E-state index in [1.807, 2.05) is 45.0 Å². The van der Waals surface area contributed by atoms with Gasteiger partial charge in [-0.25, -0.2) is 0 Å². The summed E-state index contributed by atoms with van der Waals surface area (Å²) in [6.45, 7) is 5.73. The summed E-state index contributed by atoms with van der Waals surface area (Å²) in [5.41, 5.74) is 1.46. The number of carboxylic acids is 1. The lowest BCUT2D eigenvalue weighted by molar-refractivity contribution is -0.137. The highest BCUT2D eigenvalue weighted by Crippen LogP contribution is 2.26. The second-order valence-corrected chi connectivity index (χ2v) is 5.29. The van der Waals surface area contributed by atoms with Gasteiger partial charge in [-0.15, -0.1) is 0 Å². The van der Waals surface area contributed by atoms with Gasteiger partial charge in [-0.1, -0.05) is 18.2 Å². The predicted molar refractivity (Wildman–Crippen MR) is 79.4 cm³/mol. The van der Waals surface area contributed by atoms with E-state index < -0.39 is 5.97 Å². The molecule has 1 aromatic heterocycles. The largest absolute Gasteiger partial charge is 0.481 e. The number of para-hydroxylation sites is 1. The zero-order chi connectivity index (χ0) is 15.6. The number of rotatable bonds is 5. The van der Waals surface area contributed by atoms with Crippen molar-refractivity contribution in [3.63, 3.8) is 0 Å². The number of hydrogen-bond acceptors (Lipinski definition) is 3. The summed E-state index contributed by atoms with van der Waals surface area (Å²) < 4.78 is 5.66. The maximum absolute atomic E-state index is 12.6. The molecule has 112 valence electrons. The number of fused-ring (bicyclic) bond motifs is 1. The molecular weight excluding hydrogens is 270 g/mol. The highest BCUT2D eigenvalue weighted by atomic mass is 16.4. The van der Waals surface area contributed by atoms with Crippen LogP contribution in [0.3, 0.4) is 0 Å². The van der Waals surface area contributed by atoms with Gasteiger partial charge in [-0.2, -0.15) is 0 Å². The highest BCUT2D eigenvalue weighted by Gasteiger charge is 2.25. The van der Waals surface area contributed by atoms with Crippen LogP contribution in [0.2, 0.25) is 0 Å². The molecule has 1 heterocycles. The summed E-state index contributed by atoms with van der Waals surface area (Å²) in [6, 6.07) is 7.37. The highest BCUT2D eigenvalue weighted by molar-refractivity contribution is 5.99.